The van der Waals surface area contributed by atoms with Crippen LogP contribution in [0.5, 0.6) is 0 Å². The first kappa shape index (κ1) is 12.0. The van der Waals surface area contributed by atoms with Crippen LogP contribution < -0.4 is 0 Å². The van der Waals surface area contributed by atoms with E-state index in [0.717, 1.165) is 7.11 Å². The summed E-state index contributed by atoms with van der Waals surface area (Å²) in [6, 6.07) is 1.75. The lowest BCUT2D eigenvalue weighted by atomic mass is 10.1. The van der Waals surface area contributed by atoms with Crippen LogP contribution in [0.1, 0.15) is 28.2 Å². The molecule has 0 aliphatic rings. The zero-order valence-electron chi connectivity index (χ0n) is 8.00. The van der Waals surface area contributed by atoms with Crippen LogP contribution in [0.4, 0.5) is 13.2 Å². The van der Waals surface area contributed by atoms with Gasteiger partial charge < -0.3 is 4.74 Å². The number of carbonyl (C=O) groups excluding carboxylic acids is 1. The van der Waals surface area contributed by atoms with E-state index in [1.165, 1.54) is 6.07 Å². The third kappa shape index (κ3) is 2.11. The van der Waals surface area contributed by atoms with Crippen LogP contribution in [0, 0.1) is 17.1 Å². The van der Waals surface area contributed by atoms with E-state index in [1.54, 1.807) is 0 Å². The van der Waals surface area contributed by atoms with E-state index in [9.17, 15) is 18.0 Å². The van der Waals surface area contributed by atoms with Gasteiger partial charge in [0.15, 0.2) is 17.2 Å². The summed E-state index contributed by atoms with van der Waals surface area (Å²) >= 11 is 0. The van der Waals surface area contributed by atoms with Crippen molar-refractivity contribution in [1.29, 1.82) is 5.26 Å². The van der Waals surface area contributed by atoms with Gasteiger partial charge in [-0.3, -0.25) is 0 Å². The highest BCUT2D eigenvalue weighted by atomic mass is 19.3. The minimum absolute atomic E-state index is 0.405. The molecule has 1 aromatic rings. The largest absolute Gasteiger partial charge is 0.464 e. The maximum absolute atomic E-state index is 13.0. The Balaban J connectivity index is 3.44. The van der Waals surface area contributed by atoms with Crippen molar-refractivity contribution in [2.75, 3.05) is 7.11 Å². The standard InChI is InChI=1S/C9H5F3N2O2/c1-16-9(15)7-4(8(11)12)2-5(10)6(3-13)14-7/h2,8H,1H3. The highest BCUT2D eigenvalue weighted by molar-refractivity contribution is 5.89. The zero-order chi connectivity index (χ0) is 12.3. The molecule has 1 rings (SSSR count). The number of hydrogen-bond acceptors (Lipinski definition) is 4. The Morgan fingerprint density at radius 1 is 1.62 bits per heavy atom. The van der Waals surface area contributed by atoms with Gasteiger partial charge in [-0.1, -0.05) is 0 Å². The van der Waals surface area contributed by atoms with E-state index >= 15 is 0 Å². The molecule has 0 radical (unpaired) electrons. The van der Waals surface area contributed by atoms with Crippen LogP contribution in [0.2, 0.25) is 0 Å². The van der Waals surface area contributed by atoms with Crippen molar-refractivity contribution >= 4 is 5.97 Å². The number of nitriles is 1. The molecule has 0 N–H and O–H groups in total. The molecule has 0 saturated heterocycles. The van der Waals surface area contributed by atoms with Gasteiger partial charge in [0.2, 0.25) is 0 Å². The number of halogens is 3. The molecule has 4 nitrogen and oxygen atoms in total. The third-order valence-electron chi connectivity index (χ3n) is 1.73. The van der Waals surface area contributed by atoms with Gasteiger partial charge in [-0.2, -0.15) is 5.26 Å². The Hall–Kier alpha value is -2.10. The van der Waals surface area contributed by atoms with Crippen molar-refractivity contribution in [3.05, 3.63) is 28.8 Å². The summed E-state index contributed by atoms with van der Waals surface area (Å²) in [5, 5.41) is 8.43. The average Bonchev–Trinajstić information content (AvgIpc) is 2.27. The molecule has 1 aromatic heterocycles. The van der Waals surface area contributed by atoms with Gasteiger partial charge in [-0.05, 0) is 6.07 Å². The average molecular weight is 230 g/mol. The number of aromatic nitrogens is 1. The molecule has 0 atom stereocenters. The predicted octanol–water partition coefficient (Wildman–Crippen LogP) is 1.82. The lowest BCUT2D eigenvalue weighted by molar-refractivity contribution is 0.0581. The fourth-order valence-corrected chi connectivity index (χ4v) is 1.01. The zero-order valence-corrected chi connectivity index (χ0v) is 8.00. The van der Waals surface area contributed by atoms with E-state index in [-0.39, 0.29) is 0 Å². The van der Waals surface area contributed by atoms with E-state index < -0.39 is 35.2 Å². The number of nitrogens with zero attached hydrogens (tertiary/aromatic N) is 2. The van der Waals surface area contributed by atoms with Gasteiger partial charge in [0.25, 0.3) is 6.43 Å². The SMILES string of the molecule is COC(=O)c1nc(C#N)c(F)cc1C(F)F. The molecule has 0 bridgehead atoms. The summed E-state index contributed by atoms with van der Waals surface area (Å²) in [6.45, 7) is 0. The molecule has 0 spiro atoms. The van der Waals surface area contributed by atoms with E-state index in [4.69, 9.17) is 5.26 Å². The Morgan fingerprint density at radius 3 is 2.69 bits per heavy atom. The quantitative estimate of drug-likeness (QED) is 0.727. The number of hydrogen-bond donors (Lipinski definition) is 0. The first-order valence-electron chi connectivity index (χ1n) is 3.98. The summed E-state index contributed by atoms with van der Waals surface area (Å²) < 4.78 is 42.1. The molecular formula is C9H5F3N2O2. The van der Waals surface area contributed by atoms with Crippen LogP contribution in [0.15, 0.2) is 6.07 Å². The minimum Gasteiger partial charge on any atom is -0.464 e. The van der Waals surface area contributed by atoms with E-state index in [1.807, 2.05) is 0 Å². The molecule has 0 fully saturated rings. The summed E-state index contributed by atoms with van der Waals surface area (Å²) in [5.41, 5.74) is -2.39. The fraction of sp³-hybridized carbons (Fsp3) is 0.222. The van der Waals surface area contributed by atoms with Crippen molar-refractivity contribution in [3.8, 4) is 6.07 Å². The van der Waals surface area contributed by atoms with Gasteiger partial charge in [0.1, 0.15) is 6.07 Å². The Kier molecular flexibility index (Phi) is 3.45. The second-order valence-corrected chi connectivity index (χ2v) is 2.66. The highest BCUT2D eigenvalue weighted by Gasteiger charge is 2.23. The number of rotatable bonds is 2. The molecule has 0 amide bonds. The Labute approximate surface area is 88.3 Å². The molecule has 0 saturated carbocycles. The Bertz CT molecular complexity index is 469. The molecular weight excluding hydrogens is 225 g/mol. The summed E-state index contributed by atoms with van der Waals surface area (Å²) in [4.78, 5) is 14.3. The maximum atomic E-state index is 13.0. The highest BCUT2D eigenvalue weighted by Crippen LogP contribution is 2.24. The van der Waals surface area contributed by atoms with Crippen LogP contribution in [-0.2, 0) is 4.74 Å². The molecule has 0 aliphatic carbocycles. The van der Waals surface area contributed by atoms with Gasteiger partial charge in [-0.25, -0.2) is 22.9 Å². The minimum atomic E-state index is -3.08. The molecule has 0 unspecified atom stereocenters. The third-order valence-corrected chi connectivity index (χ3v) is 1.73. The van der Waals surface area contributed by atoms with Gasteiger partial charge in [0, 0.05) is 0 Å². The van der Waals surface area contributed by atoms with E-state index in [0.29, 0.717) is 6.07 Å². The van der Waals surface area contributed by atoms with Gasteiger partial charge >= 0.3 is 5.97 Å². The van der Waals surface area contributed by atoms with Crippen molar-refractivity contribution < 1.29 is 22.7 Å². The lowest BCUT2D eigenvalue weighted by Gasteiger charge is -2.06. The molecule has 1 heterocycles. The summed E-state index contributed by atoms with van der Waals surface area (Å²) in [7, 11) is 0.967. The second-order valence-electron chi connectivity index (χ2n) is 2.66. The smallest absolute Gasteiger partial charge is 0.357 e. The number of methoxy groups -OCH3 is 1. The van der Waals surface area contributed by atoms with Crippen LogP contribution in [-0.4, -0.2) is 18.1 Å². The van der Waals surface area contributed by atoms with Crippen LogP contribution in [0.25, 0.3) is 0 Å². The second kappa shape index (κ2) is 4.61. The van der Waals surface area contributed by atoms with E-state index in [2.05, 4.69) is 9.72 Å². The topological polar surface area (TPSA) is 63.0 Å². The maximum Gasteiger partial charge on any atom is 0.357 e. The lowest BCUT2D eigenvalue weighted by Crippen LogP contribution is -2.11. The van der Waals surface area contributed by atoms with Crippen molar-refractivity contribution in [2.24, 2.45) is 0 Å². The Morgan fingerprint density at radius 2 is 2.25 bits per heavy atom. The summed E-state index contributed by atoms with van der Waals surface area (Å²) in [5.74, 6) is -2.35. The van der Waals surface area contributed by atoms with Crippen molar-refractivity contribution in [3.63, 3.8) is 0 Å². The number of alkyl halides is 2. The first-order valence-corrected chi connectivity index (χ1v) is 3.98. The van der Waals surface area contributed by atoms with Crippen LogP contribution >= 0.6 is 0 Å². The molecule has 0 aliphatic heterocycles. The summed E-state index contributed by atoms with van der Waals surface area (Å²) in [6.07, 6.45) is -3.08. The van der Waals surface area contributed by atoms with Gasteiger partial charge in [0.05, 0.1) is 12.7 Å². The number of ether oxygens (including phenoxy) is 1. The molecule has 7 heteroatoms. The first-order chi connectivity index (χ1) is 7.51. The normalized spacial score (nSPS) is 10.0. The monoisotopic (exact) mass is 230 g/mol. The van der Waals surface area contributed by atoms with Crippen molar-refractivity contribution in [2.45, 2.75) is 6.43 Å². The predicted molar refractivity (Wildman–Crippen MR) is 45.2 cm³/mol. The number of pyridine rings is 1. The fourth-order valence-electron chi connectivity index (χ4n) is 1.01. The van der Waals surface area contributed by atoms with Gasteiger partial charge in [-0.15, -0.1) is 0 Å². The number of carbonyl (C=O) groups is 1. The van der Waals surface area contributed by atoms with Crippen molar-refractivity contribution in [1.82, 2.24) is 4.98 Å². The molecule has 0 aromatic carbocycles. The molecule has 84 valence electrons. The number of esters is 1. The molecule has 16 heavy (non-hydrogen) atoms. The van der Waals surface area contributed by atoms with Crippen LogP contribution in [0.3, 0.4) is 0 Å².